The fourth-order valence-corrected chi connectivity index (χ4v) is 10.3. The minimum atomic E-state index is -1.15. The Kier molecular flexibility index (Phi) is 29.9. The first-order chi connectivity index (χ1) is 40.4. The molecule has 1 amide bonds. The Bertz CT molecular complexity index is 3960. The molecule has 440 valence electrons. The maximum atomic E-state index is 13.8. The average Bonchev–Trinajstić information content (AvgIpc) is 0.790. The van der Waals surface area contributed by atoms with Crippen LogP contribution in [0.15, 0.2) is 210 Å². The number of para-hydroxylation sites is 3. The maximum absolute atomic E-state index is 13.8. The Morgan fingerprint density at radius 3 is 1.43 bits per heavy atom. The summed E-state index contributed by atoms with van der Waals surface area (Å²) in [7, 11) is 5.28. The van der Waals surface area contributed by atoms with Crippen molar-refractivity contribution in [3.05, 3.63) is 288 Å². The van der Waals surface area contributed by atoms with E-state index in [0.717, 1.165) is 55.1 Å². The first kappa shape index (κ1) is 73.6. The Balaban J connectivity index is 0.000000320. The van der Waals surface area contributed by atoms with Gasteiger partial charge in [-0.1, -0.05) is 209 Å². The second kappa shape index (κ2) is 35.3. The number of aromatic hydroxyl groups is 1. The number of anilines is 1. The molecule has 1 N–H and O–H groups in total. The number of ether oxygens (including phenoxy) is 1. The van der Waals surface area contributed by atoms with Gasteiger partial charge in [-0.3, -0.25) is 24.0 Å². The van der Waals surface area contributed by atoms with Crippen LogP contribution in [0.25, 0.3) is 21.8 Å². The van der Waals surface area contributed by atoms with E-state index in [1.54, 1.807) is 35.7 Å². The van der Waals surface area contributed by atoms with Crippen molar-refractivity contribution in [3.8, 4) is 11.5 Å². The SMILES string of the molecule is C.Cc1ccc(CBr)cc1.Cc1ccc(CC2(Cc3ccc(C)cc3)C(=O)c3ccccc3N(C)C2=O)cc1.Cc1ccc(COc2c(Cc3ccc(C)cc3)c(=O)n(C)c3ccccc23)cc1.Cn1c(=O)cc(O)c2ccccc21.O=CO[O-].[H-].[K+].[K+]. The van der Waals surface area contributed by atoms with Crippen LogP contribution in [0.2, 0.25) is 0 Å². The number of amides is 1. The quantitative estimate of drug-likeness (QED) is 0.0344. The number of carbonyl (C=O) groups excluding carboxylic acids is 3. The number of benzene rings is 8. The van der Waals surface area contributed by atoms with E-state index in [1.807, 2.05) is 130 Å². The monoisotopic (exact) mass is 1280 g/mol. The van der Waals surface area contributed by atoms with Gasteiger partial charge in [-0.05, 0) is 112 Å². The number of fused-ring (bicyclic) bond motifs is 3. The predicted molar refractivity (Wildman–Crippen MR) is 345 cm³/mol. The summed E-state index contributed by atoms with van der Waals surface area (Å²) in [4.78, 5) is 64.8. The van der Waals surface area contributed by atoms with Crippen LogP contribution in [-0.2, 0) is 59.8 Å². The van der Waals surface area contributed by atoms with E-state index in [9.17, 15) is 24.3 Å². The van der Waals surface area contributed by atoms with Gasteiger partial charge in [0.15, 0.2) is 5.78 Å². The predicted octanol–water partition coefficient (Wildman–Crippen LogP) is 7.58. The van der Waals surface area contributed by atoms with E-state index in [1.165, 1.54) is 32.9 Å². The van der Waals surface area contributed by atoms with E-state index in [2.05, 4.69) is 114 Å². The summed E-state index contributed by atoms with van der Waals surface area (Å²) in [6.45, 7) is 10.5. The number of pyridine rings is 2. The number of nitrogens with zero attached hydrogens (tertiary/aromatic N) is 3. The van der Waals surface area contributed by atoms with Crippen LogP contribution in [0.4, 0.5) is 5.69 Å². The fraction of sp³-hybridized carbons (Fsp3) is 0.208. The van der Waals surface area contributed by atoms with Gasteiger partial charge in [0.1, 0.15) is 23.5 Å². The number of carbonyl (C=O) groups is 3. The second-order valence-electron chi connectivity index (χ2n) is 21.0. The molecule has 0 saturated carbocycles. The molecule has 0 saturated heterocycles. The minimum Gasteiger partial charge on any atom is -1.00 e. The van der Waals surface area contributed by atoms with Crippen LogP contribution < -0.4 is 129 Å². The van der Waals surface area contributed by atoms with Crippen LogP contribution in [-0.4, -0.2) is 39.5 Å². The van der Waals surface area contributed by atoms with E-state index in [-0.39, 0.29) is 147 Å². The summed E-state index contributed by atoms with van der Waals surface area (Å²) in [6.07, 6.45) is 1.32. The summed E-state index contributed by atoms with van der Waals surface area (Å²) in [5.41, 5.74) is 13.8. The average molecular weight is 1280 g/mol. The maximum Gasteiger partial charge on any atom is 1.00 e. The molecule has 12 nitrogen and oxygen atoms in total. The van der Waals surface area contributed by atoms with Gasteiger partial charge in [0, 0.05) is 55.3 Å². The number of rotatable bonds is 11. The molecule has 0 unspecified atom stereocenters. The molecule has 3 heterocycles. The van der Waals surface area contributed by atoms with Crippen LogP contribution in [0, 0.1) is 40.0 Å². The van der Waals surface area contributed by atoms with E-state index in [4.69, 9.17) is 14.8 Å². The van der Waals surface area contributed by atoms with Crippen molar-refractivity contribution in [1.82, 2.24) is 9.13 Å². The molecule has 15 heteroatoms. The topological polar surface area (TPSA) is 160 Å². The Hall–Kier alpha value is -5.90. The van der Waals surface area contributed by atoms with Crippen molar-refractivity contribution in [2.45, 2.75) is 73.2 Å². The normalized spacial score (nSPS) is 11.6. The van der Waals surface area contributed by atoms with Gasteiger partial charge in [-0.2, -0.15) is 0 Å². The smallest absolute Gasteiger partial charge is 1.00 e. The first-order valence-corrected chi connectivity index (χ1v) is 28.5. The van der Waals surface area contributed by atoms with Gasteiger partial charge in [-0.15, -0.1) is 0 Å². The zero-order chi connectivity index (χ0) is 60.5. The molecular weight excluding hydrogens is 1210 g/mol. The van der Waals surface area contributed by atoms with Crippen molar-refractivity contribution in [3.63, 3.8) is 0 Å². The number of Topliss-reactive ketones (excluding diaryl/α,β-unsaturated/α-hetero) is 1. The Morgan fingerprint density at radius 1 is 0.552 bits per heavy atom. The molecule has 8 aromatic carbocycles. The van der Waals surface area contributed by atoms with Gasteiger partial charge in [0.05, 0.1) is 22.3 Å². The summed E-state index contributed by atoms with van der Waals surface area (Å²) >= 11 is 3.38. The second-order valence-corrected chi connectivity index (χ2v) is 21.6. The minimum absolute atomic E-state index is 0. The molecule has 0 radical (unpaired) electrons. The largest absolute Gasteiger partial charge is 1.00 e. The number of halogens is 1. The molecule has 0 atom stereocenters. The van der Waals surface area contributed by atoms with Crippen LogP contribution >= 0.6 is 15.9 Å². The van der Waals surface area contributed by atoms with E-state index in [0.29, 0.717) is 53.8 Å². The van der Waals surface area contributed by atoms with Gasteiger partial charge in [0.2, 0.25) is 5.91 Å². The Morgan fingerprint density at radius 2 is 0.954 bits per heavy atom. The van der Waals surface area contributed by atoms with Gasteiger partial charge in [0.25, 0.3) is 17.6 Å². The molecular formula is C72H74BrK2N3O9. The van der Waals surface area contributed by atoms with E-state index >= 15 is 0 Å². The summed E-state index contributed by atoms with van der Waals surface area (Å²) in [5, 5.41) is 20.5. The molecule has 10 aromatic rings. The number of hydrogen-bond donors (Lipinski definition) is 1. The number of alkyl halides is 1. The Labute approximate surface area is 605 Å². The molecule has 0 aliphatic carbocycles. The van der Waals surface area contributed by atoms with Crippen molar-refractivity contribution in [2.24, 2.45) is 19.5 Å². The molecule has 2 aromatic heterocycles. The van der Waals surface area contributed by atoms with Crippen molar-refractivity contribution >= 4 is 61.6 Å². The zero-order valence-electron chi connectivity index (χ0n) is 51.6. The molecule has 11 rings (SSSR count). The molecule has 87 heavy (non-hydrogen) atoms. The molecule has 0 bridgehead atoms. The van der Waals surface area contributed by atoms with Gasteiger partial charge >= 0.3 is 103 Å². The summed E-state index contributed by atoms with van der Waals surface area (Å²) in [6, 6.07) is 65.1. The third kappa shape index (κ3) is 19.3. The molecule has 0 spiro atoms. The number of hydrogen-bond acceptors (Lipinski definition) is 9. The number of ketones is 1. The van der Waals surface area contributed by atoms with Crippen LogP contribution in [0.5, 0.6) is 11.5 Å². The number of aryl methyl sites for hydroxylation is 7. The van der Waals surface area contributed by atoms with Gasteiger partial charge < -0.3 is 35.4 Å². The van der Waals surface area contributed by atoms with Crippen LogP contribution in [0.1, 0.15) is 80.4 Å². The van der Waals surface area contributed by atoms with E-state index < -0.39 is 5.41 Å². The van der Waals surface area contributed by atoms with Crippen molar-refractivity contribution in [1.29, 1.82) is 0 Å². The van der Waals surface area contributed by atoms with Crippen molar-refractivity contribution < 1.29 is 139 Å². The summed E-state index contributed by atoms with van der Waals surface area (Å²) in [5.74, 6) is 0.503. The summed E-state index contributed by atoms with van der Waals surface area (Å²) < 4.78 is 9.52. The molecule has 1 aliphatic heterocycles. The third-order valence-corrected chi connectivity index (χ3v) is 15.4. The standard InChI is InChI=1S/2C26H25NO2.C10H9NO2.C8H9Br.CH2O3.CH4.2K.H/c1-18-8-12-20(13-9-18)16-23-25(29-17-21-14-10-19(2)11-15-21)22-6-4-5-7-24(22)27(3)26(23)28;1-18-8-12-20(13-9-18)16-26(17-21-14-10-19(2)11-15-21)24(28)22-6-4-5-7-23(22)27(3)25(26)29;1-11-8-5-3-2-4-7(8)9(12)6-10(11)13;1-7-2-4-8(6-9)5-3-7;2-1-4-3;;;;/h2*4-15H,16-17H2,1-3H3;2-6,12H,1H3;2-5H,6H2,1H3;1,3H;1H4;;;/q;;;;;;2*+1;-1/p-1. The fourth-order valence-electron chi connectivity index (χ4n) is 9.90. The molecule has 0 fully saturated rings. The van der Waals surface area contributed by atoms with Crippen molar-refractivity contribution in [2.75, 3.05) is 11.9 Å². The zero-order valence-corrected chi connectivity index (χ0v) is 58.4. The third-order valence-electron chi connectivity index (χ3n) is 14.7. The number of aromatic nitrogens is 2. The van der Waals surface area contributed by atoms with Crippen LogP contribution in [0.3, 0.4) is 0 Å². The van der Waals surface area contributed by atoms with Gasteiger partial charge in [-0.25, -0.2) is 0 Å². The molecule has 1 aliphatic rings. The first-order valence-electron chi connectivity index (χ1n) is 27.4.